The van der Waals surface area contributed by atoms with Gasteiger partial charge in [-0.05, 0) is 50.5 Å². The molecule has 0 radical (unpaired) electrons. The highest BCUT2D eigenvalue weighted by Crippen LogP contribution is 2.26. The van der Waals surface area contributed by atoms with Crippen molar-refractivity contribution in [2.24, 2.45) is 5.73 Å². The zero-order valence-electron chi connectivity index (χ0n) is 11.0. The number of aryl methyl sites for hydroxylation is 1. The minimum atomic E-state index is 0.120. The second-order valence-corrected chi connectivity index (χ2v) is 5.63. The van der Waals surface area contributed by atoms with E-state index < -0.39 is 0 Å². The summed E-state index contributed by atoms with van der Waals surface area (Å²) in [6, 6.07) is 6.14. The third-order valence-corrected chi connectivity index (χ3v) is 3.75. The summed E-state index contributed by atoms with van der Waals surface area (Å²) in [7, 11) is 0. The molecule has 1 heterocycles. The molecule has 0 bridgehead atoms. The summed E-state index contributed by atoms with van der Waals surface area (Å²) in [4.78, 5) is 0.455. The van der Waals surface area contributed by atoms with Crippen LogP contribution in [-0.2, 0) is 4.74 Å². The number of hydrogen-bond donors (Lipinski definition) is 2. The Balaban J connectivity index is 2.14. The first kappa shape index (κ1) is 13.3. The van der Waals surface area contributed by atoms with E-state index >= 15 is 0 Å². The van der Waals surface area contributed by atoms with Crippen molar-refractivity contribution < 1.29 is 4.74 Å². The van der Waals surface area contributed by atoms with E-state index in [1.54, 1.807) is 0 Å². The number of nitrogens with two attached hydrogens (primary N) is 1. The molecule has 1 saturated heterocycles. The molecule has 1 fully saturated rings. The number of ether oxygens (including phenoxy) is 1. The van der Waals surface area contributed by atoms with E-state index in [-0.39, 0.29) is 5.54 Å². The lowest BCUT2D eigenvalue weighted by atomic mass is 9.92. The number of thiocarbonyl (C=S) groups is 1. The largest absolute Gasteiger partial charge is 0.389 e. The van der Waals surface area contributed by atoms with E-state index in [0.717, 1.165) is 42.9 Å². The highest BCUT2D eigenvalue weighted by molar-refractivity contribution is 7.80. The predicted octanol–water partition coefficient (Wildman–Crippen LogP) is 2.61. The molecule has 1 aromatic rings. The zero-order chi connectivity index (χ0) is 13.2. The third kappa shape index (κ3) is 3.00. The molecule has 0 unspecified atom stereocenters. The quantitative estimate of drug-likeness (QED) is 0.824. The average molecular weight is 264 g/mol. The highest BCUT2D eigenvalue weighted by Gasteiger charge is 2.26. The molecular formula is C14H20N2OS. The van der Waals surface area contributed by atoms with Gasteiger partial charge in [0.15, 0.2) is 0 Å². The molecule has 3 N–H and O–H groups in total. The van der Waals surface area contributed by atoms with Crippen molar-refractivity contribution >= 4 is 22.9 Å². The van der Waals surface area contributed by atoms with Crippen LogP contribution in [0.15, 0.2) is 18.2 Å². The molecule has 3 nitrogen and oxygen atoms in total. The SMILES string of the molecule is Cc1cc(NC2(C)CCOCC2)ccc1C(N)=S. The van der Waals surface area contributed by atoms with E-state index in [2.05, 4.69) is 18.3 Å². The standard InChI is InChI=1S/C14H20N2OS/c1-10-9-11(3-4-12(10)13(15)18)16-14(2)5-7-17-8-6-14/h3-4,9,16H,5-8H2,1-2H3,(H2,15,18). The monoisotopic (exact) mass is 264 g/mol. The van der Waals surface area contributed by atoms with Gasteiger partial charge in [-0.2, -0.15) is 0 Å². The van der Waals surface area contributed by atoms with Gasteiger partial charge in [0.05, 0.1) is 0 Å². The van der Waals surface area contributed by atoms with Gasteiger partial charge in [-0.3, -0.25) is 0 Å². The van der Waals surface area contributed by atoms with E-state index in [0.29, 0.717) is 4.99 Å². The summed E-state index contributed by atoms with van der Waals surface area (Å²) >= 11 is 5.02. The lowest BCUT2D eigenvalue weighted by Gasteiger charge is -2.35. The molecule has 1 aliphatic rings. The predicted molar refractivity (Wildman–Crippen MR) is 79.1 cm³/mol. The van der Waals surface area contributed by atoms with Crippen molar-refractivity contribution in [1.29, 1.82) is 0 Å². The maximum absolute atomic E-state index is 5.67. The Kier molecular flexibility index (Phi) is 3.88. The van der Waals surface area contributed by atoms with Crippen LogP contribution in [0.25, 0.3) is 0 Å². The summed E-state index contributed by atoms with van der Waals surface area (Å²) in [6.07, 6.45) is 2.06. The second kappa shape index (κ2) is 5.24. The van der Waals surface area contributed by atoms with Gasteiger partial charge in [-0.1, -0.05) is 12.2 Å². The van der Waals surface area contributed by atoms with Crippen LogP contribution < -0.4 is 11.1 Å². The molecule has 0 amide bonds. The molecule has 0 aromatic heterocycles. The molecule has 1 aromatic carbocycles. The summed E-state index contributed by atoms with van der Waals surface area (Å²) in [5.74, 6) is 0. The Hall–Kier alpha value is -1.13. The normalized spacial score (nSPS) is 18.3. The van der Waals surface area contributed by atoms with Crippen LogP contribution in [0.3, 0.4) is 0 Å². The molecule has 0 aliphatic carbocycles. The third-order valence-electron chi connectivity index (χ3n) is 3.53. The second-order valence-electron chi connectivity index (χ2n) is 5.19. The van der Waals surface area contributed by atoms with Crippen molar-refractivity contribution in [1.82, 2.24) is 0 Å². The van der Waals surface area contributed by atoms with Gasteiger partial charge in [0.2, 0.25) is 0 Å². The highest BCUT2D eigenvalue weighted by atomic mass is 32.1. The Morgan fingerprint density at radius 2 is 2.06 bits per heavy atom. The fourth-order valence-corrected chi connectivity index (χ4v) is 2.54. The lowest BCUT2D eigenvalue weighted by molar-refractivity contribution is 0.0658. The van der Waals surface area contributed by atoms with E-state index in [4.69, 9.17) is 22.7 Å². The Morgan fingerprint density at radius 3 is 2.61 bits per heavy atom. The zero-order valence-corrected chi connectivity index (χ0v) is 11.8. The number of anilines is 1. The molecule has 0 saturated carbocycles. The van der Waals surface area contributed by atoms with Gasteiger partial charge in [-0.25, -0.2) is 0 Å². The first-order chi connectivity index (χ1) is 8.50. The Morgan fingerprint density at radius 1 is 1.39 bits per heavy atom. The summed E-state index contributed by atoms with van der Waals surface area (Å²) in [5.41, 5.74) is 8.98. The lowest BCUT2D eigenvalue weighted by Crippen LogP contribution is -2.40. The van der Waals surface area contributed by atoms with Crippen LogP contribution in [0.1, 0.15) is 30.9 Å². The van der Waals surface area contributed by atoms with Gasteiger partial charge >= 0.3 is 0 Å². The van der Waals surface area contributed by atoms with Crippen LogP contribution in [-0.4, -0.2) is 23.7 Å². The van der Waals surface area contributed by atoms with Crippen molar-refractivity contribution in [3.05, 3.63) is 29.3 Å². The minimum absolute atomic E-state index is 0.120. The Labute approximate surface area is 114 Å². The fraction of sp³-hybridized carbons (Fsp3) is 0.500. The smallest absolute Gasteiger partial charge is 0.104 e. The number of hydrogen-bond acceptors (Lipinski definition) is 3. The maximum atomic E-state index is 5.67. The van der Waals surface area contributed by atoms with Crippen molar-refractivity contribution in [2.75, 3.05) is 18.5 Å². The van der Waals surface area contributed by atoms with Gasteiger partial charge in [0.25, 0.3) is 0 Å². The molecule has 0 atom stereocenters. The van der Waals surface area contributed by atoms with Crippen LogP contribution in [0.5, 0.6) is 0 Å². The summed E-state index contributed by atoms with van der Waals surface area (Å²) < 4.78 is 5.40. The van der Waals surface area contributed by atoms with Crippen molar-refractivity contribution in [3.63, 3.8) is 0 Å². The van der Waals surface area contributed by atoms with Crippen LogP contribution in [0.4, 0.5) is 5.69 Å². The number of nitrogens with one attached hydrogen (secondary N) is 1. The van der Waals surface area contributed by atoms with E-state index in [9.17, 15) is 0 Å². The first-order valence-electron chi connectivity index (χ1n) is 6.27. The summed E-state index contributed by atoms with van der Waals surface area (Å²) in [6.45, 7) is 5.93. The molecule has 0 spiro atoms. The minimum Gasteiger partial charge on any atom is -0.389 e. The number of benzene rings is 1. The molecule has 4 heteroatoms. The van der Waals surface area contributed by atoms with Gasteiger partial charge in [0.1, 0.15) is 4.99 Å². The van der Waals surface area contributed by atoms with Gasteiger partial charge in [-0.15, -0.1) is 0 Å². The van der Waals surface area contributed by atoms with Gasteiger partial charge in [0, 0.05) is 30.0 Å². The molecule has 1 aliphatic heterocycles. The topological polar surface area (TPSA) is 47.3 Å². The van der Waals surface area contributed by atoms with E-state index in [1.165, 1.54) is 0 Å². The Bertz CT molecular complexity index is 453. The summed E-state index contributed by atoms with van der Waals surface area (Å²) in [5, 5.41) is 3.60. The van der Waals surface area contributed by atoms with Crippen molar-refractivity contribution in [3.8, 4) is 0 Å². The molecule has 2 rings (SSSR count). The molecular weight excluding hydrogens is 244 g/mol. The maximum Gasteiger partial charge on any atom is 0.104 e. The average Bonchev–Trinajstić information content (AvgIpc) is 2.28. The van der Waals surface area contributed by atoms with Crippen LogP contribution >= 0.6 is 12.2 Å². The first-order valence-corrected chi connectivity index (χ1v) is 6.67. The van der Waals surface area contributed by atoms with Crippen LogP contribution in [0.2, 0.25) is 0 Å². The number of rotatable bonds is 3. The van der Waals surface area contributed by atoms with Crippen LogP contribution in [0, 0.1) is 6.92 Å². The van der Waals surface area contributed by atoms with Gasteiger partial charge < -0.3 is 15.8 Å². The van der Waals surface area contributed by atoms with E-state index in [1.807, 2.05) is 19.1 Å². The fourth-order valence-electron chi connectivity index (χ4n) is 2.31. The molecule has 18 heavy (non-hydrogen) atoms. The molecule has 98 valence electrons. The van der Waals surface area contributed by atoms with Crippen molar-refractivity contribution in [2.45, 2.75) is 32.2 Å².